The Bertz CT molecular complexity index is 635. The lowest BCUT2D eigenvalue weighted by atomic mass is 10.0. The second kappa shape index (κ2) is 6.93. The highest BCUT2D eigenvalue weighted by molar-refractivity contribution is 5.86. The van der Waals surface area contributed by atoms with Crippen LogP contribution in [0.1, 0.15) is 18.9 Å². The Morgan fingerprint density at radius 2 is 1.75 bits per heavy atom. The molecule has 9 heteroatoms. The normalized spacial score (nSPS) is 26.0. The summed E-state index contributed by atoms with van der Waals surface area (Å²) in [6, 6.07) is 5.62. The van der Waals surface area contributed by atoms with Crippen molar-refractivity contribution in [2.24, 2.45) is 0 Å². The maximum absolute atomic E-state index is 11.9. The highest BCUT2D eigenvalue weighted by Gasteiger charge is 2.55. The summed E-state index contributed by atoms with van der Waals surface area (Å²) < 4.78 is 20.6. The van der Waals surface area contributed by atoms with E-state index in [1.807, 2.05) is 0 Å². The predicted octanol–water partition coefficient (Wildman–Crippen LogP) is 1.29. The highest BCUT2D eigenvalue weighted by atomic mass is 16.8. The van der Waals surface area contributed by atoms with Crippen LogP contribution in [0.2, 0.25) is 0 Å². The van der Waals surface area contributed by atoms with E-state index in [0.717, 1.165) is 14.2 Å². The number of esters is 2. The Morgan fingerprint density at radius 1 is 1.21 bits per heavy atom. The summed E-state index contributed by atoms with van der Waals surface area (Å²) in [7, 11) is 2.30. The van der Waals surface area contributed by atoms with Gasteiger partial charge in [0.15, 0.2) is 18.0 Å². The average Bonchev–Trinajstić information content (AvgIpc) is 3.01. The van der Waals surface area contributed by atoms with Crippen LogP contribution < -0.4 is 0 Å². The van der Waals surface area contributed by atoms with Crippen LogP contribution in [0.5, 0.6) is 0 Å². The van der Waals surface area contributed by atoms with E-state index in [9.17, 15) is 19.7 Å². The molecule has 0 bridgehead atoms. The highest BCUT2D eigenvalue weighted by Crippen LogP contribution is 2.42. The molecule has 0 radical (unpaired) electrons. The molecule has 0 aliphatic carbocycles. The van der Waals surface area contributed by atoms with Crippen LogP contribution in [0.4, 0.5) is 5.69 Å². The van der Waals surface area contributed by atoms with E-state index in [-0.39, 0.29) is 12.1 Å². The first kappa shape index (κ1) is 17.8. The molecule has 1 aromatic rings. The first-order valence-electron chi connectivity index (χ1n) is 7.14. The Kier molecular flexibility index (Phi) is 5.15. The lowest BCUT2D eigenvalue weighted by Crippen LogP contribution is -2.38. The predicted molar refractivity (Wildman–Crippen MR) is 78.8 cm³/mol. The summed E-state index contributed by atoms with van der Waals surface area (Å²) in [5, 5.41) is 11.0. The molecule has 2 unspecified atom stereocenters. The fourth-order valence-electron chi connectivity index (χ4n) is 2.50. The molecular weight excluding hydrogens is 322 g/mol. The summed E-state index contributed by atoms with van der Waals surface area (Å²) in [5.41, 5.74) is 0.156. The largest absolute Gasteiger partial charge is 0.467 e. The molecule has 1 aliphatic heterocycles. The van der Waals surface area contributed by atoms with Crippen LogP contribution in [0.15, 0.2) is 24.3 Å². The van der Waals surface area contributed by atoms with Crippen molar-refractivity contribution >= 4 is 17.6 Å². The van der Waals surface area contributed by atoms with Crippen molar-refractivity contribution in [3.05, 3.63) is 39.9 Å². The molecule has 9 nitrogen and oxygen atoms in total. The van der Waals surface area contributed by atoms with Gasteiger partial charge in [-0.2, -0.15) is 0 Å². The summed E-state index contributed by atoms with van der Waals surface area (Å²) in [4.78, 5) is 34.2. The second-order valence-corrected chi connectivity index (χ2v) is 5.04. The van der Waals surface area contributed by atoms with E-state index in [1.54, 1.807) is 13.0 Å². The van der Waals surface area contributed by atoms with Crippen molar-refractivity contribution in [2.45, 2.75) is 31.3 Å². The zero-order valence-electron chi connectivity index (χ0n) is 13.4. The quantitative estimate of drug-likeness (QED) is 0.448. The lowest BCUT2D eigenvalue weighted by Gasteiger charge is -2.26. The van der Waals surface area contributed by atoms with Crippen LogP contribution >= 0.6 is 0 Å². The van der Waals surface area contributed by atoms with Crippen LogP contribution in [-0.4, -0.2) is 43.3 Å². The number of hydrogen-bond acceptors (Lipinski definition) is 8. The van der Waals surface area contributed by atoms with E-state index < -0.39 is 34.9 Å². The first-order valence-corrected chi connectivity index (χ1v) is 7.14. The number of nitro groups is 1. The topological polar surface area (TPSA) is 114 Å². The molecular formula is C15H17NO8. The molecule has 0 N–H and O–H groups in total. The number of nitrogens with zero attached hydrogens (tertiary/aromatic N) is 1. The lowest BCUT2D eigenvalue weighted by molar-refractivity contribution is -0.385. The van der Waals surface area contributed by atoms with Crippen molar-refractivity contribution in [1.82, 2.24) is 0 Å². The minimum atomic E-state index is -1.50. The Balaban J connectivity index is 2.45. The summed E-state index contributed by atoms with van der Waals surface area (Å²) in [6.45, 7) is 1.70. The molecule has 1 fully saturated rings. The molecule has 24 heavy (non-hydrogen) atoms. The number of ether oxygens (including phenoxy) is 4. The molecule has 1 aromatic carbocycles. The molecule has 1 heterocycles. The average molecular weight is 339 g/mol. The summed E-state index contributed by atoms with van der Waals surface area (Å²) in [6.07, 6.45) is -2.46. The number of nitro benzene ring substituents is 1. The Morgan fingerprint density at radius 3 is 2.17 bits per heavy atom. The molecule has 0 aromatic heterocycles. The molecule has 0 spiro atoms. The fraction of sp³-hybridized carbons (Fsp3) is 0.467. The molecule has 1 aliphatic rings. The van der Waals surface area contributed by atoms with Crippen molar-refractivity contribution in [1.29, 1.82) is 0 Å². The van der Waals surface area contributed by atoms with Crippen LogP contribution in [0.3, 0.4) is 0 Å². The van der Waals surface area contributed by atoms with E-state index >= 15 is 0 Å². The van der Waals surface area contributed by atoms with Gasteiger partial charge in [0.1, 0.15) is 0 Å². The van der Waals surface area contributed by atoms with Crippen LogP contribution in [0.25, 0.3) is 0 Å². The smallest absolute Gasteiger partial charge is 0.338 e. The van der Waals surface area contributed by atoms with Gasteiger partial charge in [-0.15, -0.1) is 0 Å². The Hall–Kier alpha value is -2.52. The van der Waals surface area contributed by atoms with Crippen molar-refractivity contribution in [3.8, 4) is 0 Å². The van der Waals surface area contributed by atoms with Gasteiger partial charge in [0.2, 0.25) is 0 Å². The fourth-order valence-corrected chi connectivity index (χ4v) is 2.50. The number of carbonyl (C=O) groups excluding carboxylic acids is 2. The van der Waals surface area contributed by atoms with Gasteiger partial charge in [-0.1, -0.05) is 19.1 Å². The van der Waals surface area contributed by atoms with Crippen molar-refractivity contribution in [3.63, 3.8) is 0 Å². The first-order chi connectivity index (χ1) is 11.4. The van der Waals surface area contributed by atoms with Gasteiger partial charge >= 0.3 is 11.9 Å². The van der Waals surface area contributed by atoms with E-state index in [4.69, 9.17) is 9.47 Å². The molecule has 0 saturated carbocycles. The third-order valence-electron chi connectivity index (χ3n) is 3.74. The SMILES string of the molecule is CCC1(c2cccc([N+](=O)[O-])c2)OC(C(=O)OC)C(C(=O)OC)O1. The molecule has 0 amide bonds. The number of hydrogen-bond donors (Lipinski definition) is 0. The third-order valence-corrected chi connectivity index (χ3v) is 3.74. The van der Waals surface area contributed by atoms with E-state index in [2.05, 4.69) is 9.47 Å². The van der Waals surface area contributed by atoms with Gasteiger partial charge in [0.25, 0.3) is 5.69 Å². The van der Waals surface area contributed by atoms with Gasteiger partial charge in [0.05, 0.1) is 19.1 Å². The van der Waals surface area contributed by atoms with Crippen molar-refractivity contribution in [2.75, 3.05) is 14.2 Å². The molecule has 2 rings (SSSR count). The van der Waals surface area contributed by atoms with E-state index in [0.29, 0.717) is 5.56 Å². The van der Waals surface area contributed by atoms with Gasteiger partial charge in [-0.05, 0) is 0 Å². The van der Waals surface area contributed by atoms with Gasteiger partial charge in [-0.25, -0.2) is 9.59 Å². The zero-order valence-corrected chi connectivity index (χ0v) is 13.4. The number of methoxy groups -OCH3 is 2. The van der Waals surface area contributed by atoms with Crippen LogP contribution in [0, 0.1) is 10.1 Å². The van der Waals surface area contributed by atoms with Gasteiger partial charge < -0.3 is 18.9 Å². The number of non-ortho nitro benzene ring substituents is 1. The minimum absolute atomic E-state index is 0.163. The zero-order chi connectivity index (χ0) is 17.9. The standard InChI is InChI=1S/C15H17NO8/c1-4-15(9-6-5-7-10(8-9)16(19)20)23-11(13(17)21-2)12(24-15)14(18)22-3/h5-8,11-12H,4H2,1-3H3. The number of carbonyl (C=O) groups is 2. The molecule has 130 valence electrons. The summed E-state index contributed by atoms with van der Waals surface area (Å²) >= 11 is 0. The second-order valence-electron chi connectivity index (χ2n) is 5.04. The van der Waals surface area contributed by atoms with Gasteiger partial charge in [-0.3, -0.25) is 10.1 Å². The number of benzene rings is 1. The Labute approximate surface area is 137 Å². The summed E-state index contributed by atoms with van der Waals surface area (Å²) in [5.74, 6) is -3.10. The van der Waals surface area contributed by atoms with Gasteiger partial charge in [0, 0.05) is 24.1 Å². The minimum Gasteiger partial charge on any atom is -0.467 e. The monoisotopic (exact) mass is 339 g/mol. The number of rotatable bonds is 5. The maximum Gasteiger partial charge on any atom is 0.338 e. The molecule has 2 atom stereocenters. The third kappa shape index (κ3) is 3.08. The van der Waals surface area contributed by atoms with Crippen molar-refractivity contribution < 1.29 is 33.5 Å². The maximum atomic E-state index is 11.9. The molecule has 1 saturated heterocycles. The van der Waals surface area contributed by atoms with Crippen LogP contribution in [-0.2, 0) is 34.3 Å². The van der Waals surface area contributed by atoms with E-state index in [1.165, 1.54) is 18.2 Å².